The van der Waals surface area contributed by atoms with E-state index in [2.05, 4.69) is 126 Å². The van der Waals surface area contributed by atoms with Gasteiger partial charge in [-0.3, -0.25) is 0 Å². The third kappa shape index (κ3) is 17.9. The molecule has 6 aliphatic rings. The molecule has 484 valence electrons. The Balaban J connectivity index is 1.29. The smallest absolute Gasteiger partial charge is 0.127 e. The van der Waals surface area contributed by atoms with Gasteiger partial charge < -0.3 is 47.9 Å². The van der Waals surface area contributed by atoms with Gasteiger partial charge in [0.05, 0.1) is 86.7 Å². The normalized spacial score (nSPS) is 15.1. The summed E-state index contributed by atoms with van der Waals surface area (Å²) in [5, 5.41) is 0. The molecule has 0 amide bonds. The molecule has 6 aromatic rings. The lowest BCUT2D eigenvalue weighted by atomic mass is 9.93. The second-order valence-corrected chi connectivity index (χ2v) is 24.5. The van der Waals surface area contributed by atoms with Gasteiger partial charge in [0.15, 0.2) is 0 Å². The van der Waals surface area contributed by atoms with Crippen molar-refractivity contribution in [3.8, 4) is 45.3 Å². The molecule has 3 aromatic heterocycles. The van der Waals surface area contributed by atoms with Gasteiger partial charge in [-0.15, -0.1) is 0 Å². The SMILES string of the molecule is CCCCCCC1=C(C)c2nc1cc1[nH]c(c(C)c1CCCCCC)c1c3nc(cc4[nH]c(c(C)c4CCCCCC)c2-c2ccccc2OCCOCCOCCOc2ccc(cc2)OCCOCCOCCOc2ccccc2-1)C(CCCCCC)=C3C. The number of aromatic nitrogens is 4. The van der Waals surface area contributed by atoms with Crippen molar-refractivity contribution < 1.29 is 37.9 Å². The van der Waals surface area contributed by atoms with E-state index in [1.54, 1.807) is 0 Å². The molecule has 0 unspecified atom stereocenters. The van der Waals surface area contributed by atoms with Gasteiger partial charge in [-0.25, -0.2) is 9.97 Å². The zero-order valence-electron chi connectivity index (χ0n) is 55.9. The Morgan fingerprint density at radius 2 is 0.700 bits per heavy atom. The molecule has 12 bridgehead atoms. The van der Waals surface area contributed by atoms with E-state index in [-0.39, 0.29) is 0 Å². The molecule has 2 N–H and O–H groups in total. The molecule has 0 saturated heterocycles. The Kier molecular flexibility index (Phi) is 26.9. The van der Waals surface area contributed by atoms with Crippen LogP contribution in [0.5, 0.6) is 23.0 Å². The molecular formula is C78H104N4O8. The molecule has 0 radical (unpaired) electrons. The fourth-order valence-corrected chi connectivity index (χ4v) is 13.0. The number of aryl methyl sites for hydroxylation is 4. The highest BCUT2D eigenvalue weighted by Crippen LogP contribution is 2.47. The Morgan fingerprint density at radius 3 is 1.07 bits per heavy atom. The second-order valence-electron chi connectivity index (χ2n) is 24.5. The van der Waals surface area contributed by atoms with Gasteiger partial charge >= 0.3 is 0 Å². The van der Waals surface area contributed by atoms with Gasteiger partial charge in [0.2, 0.25) is 0 Å². The van der Waals surface area contributed by atoms with Gasteiger partial charge in [0.25, 0.3) is 0 Å². The molecule has 0 saturated carbocycles. The first-order valence-electron chi connectivity index (χ1n) is 34.5. The predicted octanol–water partition coefficient (Wildman–Crippen LogP) is 19.6. The molecule has 12 rings (SSSR count). The third-order valence-corrected chi connectivity index (χ3v) is 18.0. The summed E-state index contributed by atoms with van der Waals surface area (Å²) in [6.45, 7) is 23.5. The van der Waals surface area contributed by atoms with Crippen LogP contribution in [0.4, 0.5) is 0 Å². The van der Waals surface area contributed by atoms with Crippen molar-refractivity contribution in [1.82, 2.24) is 19.9 Å². The molecule has 0 aliphatic carbocycles. The lowest BCUT2D eigenvalue weighted by Gasteiger charge is -2.15. The van der Waals surface area contributed by atoms with Crippen LogP contribution < -0.4 is 18.9 Å². The number of aromatic amines is 2. The summed E-state index contributed by atoms with van der Waals surface area (Å²) in [7, 11) is 0. The molecule has 0 spiro atoms. The first-order chi connectivity index (χ1) is 44.2. The minimum absolute atomic E-state index is 0.367. The van der Waals surface area contributed by atoms with Crippen molar-refractivity contribution in [3.63, 3.8) is 0 Å². The zero-order valence-corrected chi connectivity index (χ0v) is 55.9. The number of hydrogen-bond donors (Lipinski definition) is 2. The van der Waals surface area contributed by atoms with Gasteiger partial charge in [-0.1, -0.05) is 141 Å². The maximum atomic E-state index is 6.86. The maximum Gasteiger partial charge on any atom is 0.127 e. The fourth-order valence-electron chi connectivity index (χ4n) is 13.0. The number of para-hydroxylation sites is 2. The van der Waals surface area contributed by atoms with E-state index < -0.39 is 0 Å². The van der Waals surface area contributed by atoms with Crippen molar-refractivity contribution >= 4 is 44.4 Å². The molecule has 12 heteroatoms. The highest BCUT2D eigenvalue weighted by molar-refractivity contribution is 6.04. The van der Waals surface area contributed by atoms with Crippen LogP contribution in [0.1, 0.15) is 202 Å². The molecule has 0 atom stereocenters. The molecule has 6 aliphatic heterocycles. The number of rotatable bonds is 20. The van der Waals surface area contributed by atoms with Crippen LogP contribution in [0.25, 0.3) is 66.6 Å². The van der Waals surface area contributed by atoms with E-state index >= 15 is 0 Å². The first-order valence-corrected chi connectivity index (χ1v) is 34.5. The topological polar surface area (TPSA) is 131 Å². The minimum atomic E-state index is 0.367. The van der Waals surface area contributed by atoms with Crippen LogP contribution in [0.3, 0.4) is 0 Å². The number of benzene rings is 3. The van der Waals surface area contributed by atoms with E-state index in [1.807, 2.05) is 24.3 Å². The number of hydrogen-bond acceptors (Lipinski definition) is 10. The molecule has 90 heavy (non-hydrogen) atoms. The second kappa shape index (κ2) is 35.8. The quantitative estimate of drug-likeness (QED) is 0.0712. The third-order valence-electron chi connectivity index (χ3n) is 18.0. The zero-order chi connectivity index (χ0) is 62.9. The van der Waals surface area contributed by atoms with E-state index in [9.17, 15) is 0 Å². The Bertz CT molecular complexity index is 3250. The first kappa shape index (κ1) is 67.7. The fraction of sp³-hybridized carbons (Fsp3) is 0.513. The number of H-pyrrole nitrogens is 2. The predicted molar refractivity (Wildman–Crippen MR) is 371 cm³/mol. The maximum absolute atomic E-state index is 6.86. The van der Waals surface area contributed by atoms with E-state index in [4.69, 9.17) is 47.9 Å². The summed E-state index contributed by atoms with van der Waals surface area (Å²) in [5.41, 5.74) is 22.6. The van der Waals surface area contributed by atoms with Crippen LogP contribution in [0.15, 0.2) is 84.9 Å². The van der Waals surface area contributed by atoms with Gasteiger partial charge in [0.1, 0.15) is 49.4 Å². The average Bonchev–Trinajstić information content (AvgIpc) is 1.60. The van der Waals surface area contributed by atoms with Crippen molar-refractivity contribution in [2.45, 2.75) is 184 Å². The summed E-state index contributed by atoms with van der Waals surface area (Å²) >= 11 is 0. The van der Waals surface area contributed by atoms with Crippen LogP contribution >= 0.6 is 0 Å². The Morgan fingerprint density at radius 1 is 0.367 bits per heavy atom. The van der Waals surface area contributed by atoms with Crippen LogP contribution in [-0.4, -0.2) is 99.2 Å². The number of nitrogens with one attached hydrogen (secondary N) is 2. The van der Waals surface area contributed by atoms with Crippen LogP contribution in [0.2, 0.25) is 0 Å². The van der Waals surface area contributed by atoms with Gasteiger partial charge in [-0.05, 0) is 172 Å². The molecular weight excluding hydrogens is 1120 g/mol. The summed E-state index contributed by atoms with van der Waals surface area (Å²) in [5.74, 6) is 3.08. The Labute approximate surface area is 537 Å². The van der Waals surface area contributed by atoms with Crippen LogP contribution in [0, 0.1) is 13.8 Å². The monoisotopic (exact) mass is 1220 g/mol. The number of allylic oxidation sites excluding steroid dienone is 4. The highest BCUT2D eigenvalue weighted by atomic mass is 16.6. The molecule has 9 heterocycles. The lowest BCUT2D eigenvalue weighted by molar-refractivity contribution is 0.0271. The molecule has 0 fully saturated rings. The highest BCUT2D eigenvalue weighted by Gasteiger charge is 2.28. The van der Waals surface area contributed by atoms with Gasteiger partial charge in [-0.2, -0.15) is 0 Å². The summed E-state index contributed by atoms with van der Waals surface area (Å²) in [6, 6.07) is 29.5. The lowest BCUT2D eigenvalue weighted by Crippen LogP contribution is -2.14. The van der Waals surface area contributed by atoms with Crippen molar-refractivity contribution in [2.24, 2.45) is 0 Å². The standard InChI is InChI=1S/C78H104N4O8/c1-9-13-17-21-29-61-55(5)75-73-65-33-25-27-35-71(65)89-51-47-85-43-41-83-45-49-87-59-37-39-60(40-38-59)88-50-46-84-42-44-86-48-52-90-72-36-28-26-34-66(72)74(77-56(6)62(30-22-18-14-10-2)68(80-77)53-67(61)79-75)78-58(8)64(32-24-20-16-12-4)70(82-78)54-69-63(31-23-19-15-11-3)57(7)76(73)81-69/h25-28,33-40,53-54,79,82H,9-24,29-32,41-52H2,1-8H3. The number of ether oxygens (including phenoxy) is 8. The van der Waals surface area contributed by atoms with Crippen molar-refractivity contribution in [2.75, 3.05) is 79.3 Å². The number of unbranched alkanes of at least 4 members (excludes halogenated alkanes) is 12. The summed E-state index contributed by atoms with van der Waals surface area (Å²) in [6.07, 6.45) is 22.2. The van der Waals surface area contributed by atoms with Crippen LogP contribution in [-0.2, 0) is 31.8 Å². The van der Waals surface area contributed by atoms with Crippen molar-refractivity contribution in [3.05, 3.63) is 130 Å². The van der Waals surface area contributed by atoms with Gasteiger partial charge in [0, 0.05) is 33.3 Å². The van der Waals surface area contributed by atoms with E-state index in [0.717, 1.165) is 154 Å². The molecule has 12 nitrogen and oxygen atoms in total. The minimum Gasteiger partial charge on any atom is -0.491 e. The Hall–Kier alpha value is -6.70. The molecule has 3 aromatic carbocycles. The largest absolute Gasteiger partial charge is 0.491 e. The summed E-state index contributed by atoms with van der Waals surface area (Å²) < 4.78 is 49.8. The average molecular weight is 1230 g/mol. The van der Waals surface area contributed by atoms with E-state index in [0.29, 0.717) is 79.3 Å². The number of nitrogens with zero attached hydrogens (tertiary/aromatic N) is 2. The van der Waals surface area contributed by atoms with E-state index in [1.165, 1.54) is 109 Å². The summed E-state index contributed by atoms with van der Waals surface area (Å²) in [4.78, 5) is 20.3. The van der Waals surface area contributed by atoms with Crippen molar-refractivity contribution in [1.29, 1.82) is 0 Å².